The molecule has 1 fully saturated rings. The fourth-order valence-corrected chi connectivity index (χ4v) is 9.05. The molecule has 0 unspecified atom stereocenters. The highest BCUT2D eigenvalue weighted by Crippen LogP contribution is 2.42. The Hall–Kier alpha value is -7.53. The third kappa shape index (κ3) is 7.71. The third-order valence-electron chi connectivity index (χ3n) is 12.6. The van der Waals surface area contributed by atoms with Gasteiger partial charge in [-0.05, 0) is 89.0 Å². The van der Waals surface area contributed by atoms with Gasteiger partial charge in [-0.1, -0.05) is 36.2 Å². The van der Waals surface area contributed by atoms with Crippen molar-refractivity contribution in [3.63, 3.8) is 0 Å². The van der Waals surface area contributed by atoms with Crippen molar-refractivity contribution in [2.45, 2.75) is 51.9 Å². The van der Waals surface area contributed by atoms with Crippen LogP contribution in [0.5, 0.6) is 23.0 Å². The summed E-state index contributed by atoms with van der Waals surface area (Å²) >= 11 is 0. The fourth-order valence-electron chi connectivity index (χ4n) is 9.05. The Bertz CT molecular complexity index is 2940. The van der Waals surface area contributed by atoms with Crippen molar-refractivity contribution in [2.75, 3.05) is 38.9 Å². The van der Waals surface area contributed by atoms with Gasteiger partial charge < -0.3 is 28.7 Å². The Kier molecular flexibility index (Phi) is 10.5. The molecule has 3 aliphatic heterocycles. The van der Waals surface area contributed by atoms with Crippen LogP contribution < -0.4 is 33.0 Å². The van der Waals surface area contributed by atoms with Gasteiger partial charge in [0.25, 0.3) is 0 Å². The minimum absolute atomic E-state index is 0.0850. The number of methoxy groups -OCH3 is 1. The summed E-state index contributed by atoms with van der Waals surface area (Å²) in [6.45, 7) is 5.53. The normalized spacial score (nSPS) is 16.5. The van der Waals surface area contributed by atoms with Gasteiger partial charge in [0.2, 0.25) is 36.2 Å². The van der Waals surface area contributed by atoms with Crippen LogP contribution in [0.1, 0.15) is 36.5 Å². The number of fused-ring (bicyclic) bond motifs is 6. The van der Waals surface area contributed by atoms with E-state index in [9.17, 15) is 4.79 Å². The average molecular weight is 842 g/mol. The molecule has 3 aliphatic rings. The Morgan fingerprint density at radius 1 is 1.00 bits per heavy atom. The van der Waals surface area contributed by atoms with Crippen molar-refractivity contribution in [1.29, 1.82) is 5.26 Å². The maximum absolute atomic E-state index is 12.5. The van der Waals surface area contributed by atoms with E-state index in [0.717, 1.165) is 92.3 Å². The van der Waals surface area contributed by atoms with E-state index in [4.69, 9.17) is 29.2 Å². The van der Waals surface area contributed by atoms with E-state index in [2.05, 4.69) is 78.8 Å². The second-order valence-corrected chi connectivity index (χ2v) is 16.4. The lowest BCUT2D eigenvalue weighted by atomic mass is 9.92. The first-order chi connectivity index (χ1) is 30.8. The van der Waals surface area contributed by atoms with Gasteiger partial charge in [0.1, 0.15) is 18.4 Å². The largest absolute Gasteiger partial charge is 0.493 e. The predicted molar refractivity (Wildman–Crippen MR) is 236 cm³/mol. The van der Waals surface area contributed by atoms with Crippen molar-refractivity contribution in [2.24, 2.45) is 16.1 Å². The number of carbonyl (C=O) groups excluding carboxylic acids is 1. The number of azo groups is 1. The van der Waals surface area contributed by atoms with E-state index >= 15 is 0 Å². The number of H-pyrrole nitrogens is 1. The molecule has 0 radical (unpaired) electrons. The number of rotatable bonds is 11. The predicted octanol–water partition coefficient (Wildman–Crippen LogP) is 7.88. The maximum Gasteiger partial charge on any atom is 0.238 e. The van der Waals surface area contributed by atoms with Gasteiger partial charge >= 0.3 is 0 Å². The number of hydrogen-bond donors (Lipinski definition) is 1. The van der Waals surface area contributed by atoms with E-state index < -0.39 is 0 Å². The monoisotopic (exact) mass is 841 g/mol. The van der Waals surface area contributed by atoms with Gasteiger partial charge in [0.15, 0.2) is 35.7 Å². The van der Waals surface area contributed by atoms with Gasteiger partial charge in [0, 0.05) is 32.6 Å². The molecule has 1 saturated heterocycles. The smallest absolute Gasteiger partial charge is 0.238 e. The highest BCUT2D eigenvalue weighted by atomic mass is 16.7. The van der Waals surface area contributed by atoms with Crippen LogP contribution in [0.3, 0.4) is 0 Å². The lowest BCUT2D eigenvalue weighted by Crippen LogP contribution is -2.53. The number of amides is 1. The number of aromatic amines is 1. The highest BCUT2D eigenvalue weighted by Gasteiger charge is 2.34. The second-order valence-electron chi connectivity index (χ2n) is 16.4. The first-order valence-corrected chi connectivity index (χ1v) is 21.3. The summed E-state index contributed by atoms with van der Waals surface area (Å²) in [5.41, 5.74) is 8.08. The Morgan fingerprint density at radius 2 is 1.76 bits per heavy atom. The number of aromatic nitrogens is 4. The molecule has 10 rings (SSSR count). The minimum atomic E-state index is -0.113. The average Bonchev–Trinajstić information content (AvgIpc) is 4.00. The summed E-state index contributed by atoms with van der Waals surface area (Å²) < 4.78 is 28.0. The molecule has 63 heavy (non-hydrogen) atoms. The standard InChI is InChI=1S/C49H46N9O5/c1-31-16-20-57(46(59)14-18-50)27-42(31)55(2)48-38-15-19-51-49(38)58(29-52-48)25-32-4-9-36(10-5-32)53-54-37-11-6-33(7-12-37)28-61-47-40-26-56-21-17-35-23-44-45(63-30-62-44)24-39(35)41(56)22-34(40)8-13-43(47)60-3/h4-13,15,19,22-24,26,29,31,42H,14,16-17,20-21,25,27-28,30H2,1-3H3/q+1/p+1/t31-,42+/m1/s1. The van der Waals surface area contributed by atoms with Crippen molar-refractivity contribution >= 4 is 44.9 Å². The molecule has 2 atom stereocenters. The number of nitriles is 1. The number of likely N-dealkylation sites (N-methyl/N-ethyl adjacent to an activating group) is 1. The number of nitrogens with zero attached hydrogens (tertiary/aromatic N) is 8. The van der Waals surface area contributed by atoms with Gasteiger partial charge in [-0.15, -0.1) is 0 Å². The molecule has 7 aromatic rings. The molecular weight excluding hydrogens is 795 g/mol. The molecule has 3 aromatic heterocycles. The number of likely N-dealkylation sites (tertiary alicyclic amines) is 1. The molecule has 14 heteroatoms. The summed E-state index contributed by atoms with van der Waals surface area (Å²) in [5.74, 6) is 4.09. The number of nitrogens with one attached hydrogen (secondary N) is 1. The van der Waals surface area contributed by atoms with Crippen LogP contribution in [0, 0.1) is 17.2 Å². The molecule has 0 spiro atoms. The van der Waals surface area contributed by atoms with E-state index in [0.29, 0.717) is 43.7 Å². The number of aryl methyl sites for hydroxylation is 2. The zero-order valence-electron chi connectivity index (χ0n) is 35.5. The van der Waals surface area contributed by atoms with Crippen LogP contribution in [-0.2, 0) is 30.9 Å². The Labute approximate surface area is 364 Å². The number of hydrogen-bond acceptors (Lipinski definition) is 10. The molecule has 0 aliphatic carbocycles. The van der Waals surface area contributed by atoms with Crippen LogP contribution in [-0.4, -0.2) is 60.9 Å². The van der Waals surface area contributed by atoms with E-state index in [1.807, 2.05) is 79.1 Å². The number of carbonyl (C=O) groups is 1. The van der Waals surface area contributed by atoms with Crippen LogP contribution in [0.15, 0.2) is 114 Å². The number of anilines is 1. The topological polar surface area (TPSA) is 145 Å². The van der Waals surface area contributed by atoms with E-state index in [1.54, 1.807) is 7.11 Å². The summed E-state index contributed by atoms with van der Waals surface area (Å²) in [4.78, 5) is 24.8. The molecule has 4 aromatic carbocycles. The SMILES string of the molecule is COc1ccc2cc3[n+](cc2c1OCc1ccc(N=Nc2ccc(C[n+]4cnc(N(C)[C@H]5CN(C(=O)CC#N)CC[C@H]5C)c5cc[nH]c54)cc2)cc1)CCc1cc2c(cc1-3)OCO2. The van der Waals surface area contributed by atoms with Gasteiger partial charge in [-0.3, -0.25) is 9.78 Å². The lowest BCUT2D eigenvalue weighted by Gasteiger charge is -2.41. The van der Waals surface area contributed by atoms with E-state index in [1.165, 1.54) is 5.56 Å². The number of benzene rings is 4. The zero-order chi connectivity index (χ0) is 43.0. The summed E-state index contributed by atoms with van der Waals surface area (Å²) in [6, 6.07) is 30.5. The molecule has 14 nitrogen and oxygen atoms in total. The summed E-state index contributed by atoms with van der Waals surface area (Å²) in [5, 5.41) is 21.1. The molecule has 0 saturated carbocycles. The van der Waals surface area contributed by atoms with Crippen LogP contribution in [0.25, 0.3) is 33.1 Å². The molecule has 6 heterocycles. The first kappa shape index (κ1) is 39.6. The molecule has 1 amide bonds. The molecule has 0 bridgehead atoms. The minimum Gasteiger partial charge on any atom is -0.493 e. The van der Waals surface area contributed by atoms with Crippen LogP contribution in [0.4, 0.5) is 17.2 Å². The number of ether oxygens (including phenoxy) is 4. The van der Waals surface area contributed by atoms with Crippen LogP contribution >= 0.6 is 0 Å². The first-order valence-electron chi connectivity index (χ1n) is 21.3. The maximum atomic E-state index is 12.5. The van der Waals surface area contributed by atoms with Crippen molar-refractivity contribution in [3.05, 3.63) is 120 Å². The molecule has 1 N–H and O–H groups in total. The summed E-state index contributed by atoms with van der Waals surface area (Å²) in [7, 11) is 3.71. The summed E-state index contributed by atoms with van der Waals surface area (Å²) in [6.07, 6.45) is 7.64. The highest BCUT2D eigenvalue weighted by molar-refractivity contribution is 5.92. The Morgan fingerprint density at radius 3 is 2.52 bits per heavy atom. The van der Waals surface area contributed by atoms with Crippen molar-refractivity contribution < 1.29 is 32.9 Å². The number of piperidine rings is 1. The van der Waals surface area contributed by atoms with Gasteiger partial charge in [-0.2, -0.15) is 20.1 Å². The zero-order valence-corrected chi connectivity index (χ0v) is 35.5. The lowest BCUT2D eigenvalue weighted by molar-refractivity contribution is -0.686. The second kappa shape index (κ2) is 16.7. The van der Waals surface area contributed by atoms with E-state index in [-0.39, 0.29) is 25.2 Å². The molecular formula is C49H47N9O5+2. The van der Waals surface area contributed by atoms with Gasteiger partial charge in [-0.25, -0.2) is 4.57 Å². The molecule has 316 valence electrons. The quantitative estimate of drug-likeness (QED) is 0.102. The Balaban J connectivity index is 0.786. The van der Waals surface area contributed by atoms with Crippen molar-refractivity contribution in [1.82, 2.24) is 14.9 Å². The van der Waals surface area contributed by atoms with Crippen molar-refractivity contribution in [3.8, 4) is 40.3 Å². The van der Waals surface area contributed by atoms with Gasteiger partial charge in [0.05, 0.1) is 54.3 Å². The number of pyridine rings is 1. The van der Waals surface area contributed by atoms with Crippen LogP contribution in [0.2, 0.25) is 0 Å². The third-order valence-corrected chi connectivity index (χ3v) is 12.6. The fraction of sp³-hybridized carbons (Fsp3) is 0.286.